The van der Waals surface area contributed by atoms with Crippen molar-refractivity contribution in [2.45, 2.75) is 13.0 Å². The van der Waals surface area contributed by atoms with E-state index in [2.05, 4.69) is 4.74 Å². The van der Waals surface area contributed by atoms with Gasteiger partial charge in [-0.15, -0.1) is 0 Å². The maximum atomic E-state index is 13.2. The molecule has 0 aliphatic heterocycles. The first-order valence-electron chi connectivity index (χ1n) is 4.44. The fourth-order valence-electron chi connectivity index (χ4n) is 1.04. The Morgan fingerprint density at radius 2 is 2.00 bits per heavy atom. The second-order valence-electron chi connectivity index (χ2n) is 3.09. The van der Waals surface area contributed by atoms with Crippen LogP contribution in [0.3, 0.4) is 0 Å². The van der Waals surface area contributed by atoms with Crippen LogP contribution < -0.4 is 10.5 Å². The smallest absolute Gasteiger partial charge is 0.346 e. The second-order valence-corrected chi connectivity index (χ2v) is 3.09. The lowest BCUT2D eigenvalue weighted by Crippen LogP contribution is -2.25. The van der Waals surface area contributed by atoms with Gasteiger partial charge in [0.15, 0.2) is 17.7 Å². The van der Waals surface area contributed by atoms with E-state index >= 15 is 0 Å². The van der Waals surface area contributed by atoms with Gasteiger partial charge in [0.05, 0.1) is 12.8 Å². The van der Waals surface area contributed by atoms with E-state index in [0.29, 0.717) is 0 Å². The van der Waals surface area contributed by atoms with Gasteiger partial charge in [0.1, 0.15) is 5.82 Å². The van der Waals surface area contributed by atoms with Gasteiger partial charge >= 0.3 is 5.97 Å². The minimum Gasteiger partial charge on any atom is -0.476 e. The number of carbonyl (C=O) groups is 1. The van der Waals surface area contributed by atoms with E-state index in [4.69, 9.17) is 10.5 Å². The number of rotatable bonds is 3. The van der Waals surface area contributed by atoms with Crippen molar-refractivity contribution in [2.75, 3.05) is 12.8 Å². The third kappa shape index (κ3) is 2.59. The molecule has 2 N–H and O–H groups in total. The van der Waals surface area contributed by atoms with Crippen LogP contribution in [0.2, 0.25) is 0 Å². The van der Waals surface area contributed by atoms with Crippen LogP contribution in [0.1, 0.15) is 6.92 Å². The van der Waals surface area contributed by atoms with Crippen molar-refractivity contribution >= 4 is 11.7 Å². The summed E-state index contributed by atoms with van der Waals surface area (Å²) < 4.78 is 35.5. The van der Waals surface area contributed by atoms with Crippen LogP contribution in [0.4, 0.5) is 14.5 Å². The zero-order chi connectivity index (χ0) is 12.3. The van der Waals surface area contributed by atoms with Gasteiger partial charge in [-0.05, 0) is 6.92 Å². The Bertz CT molecular complexity index is 409. The highest BCUT2D eigenvalue weighted by Crippen LogP contribution is 2.23. The predicted octanol–water partition coefficient (Wildman–Crippen LogP) is 1.49. The van der Waals surface area contributed by atoms with E-state index < -0.39 is 23.7 Å². The molecule has 0 saturated carbocycles. The van der Waals surface area contributed by atoms with Crippen molar-refractivity contribution in [1.82, 2.24) is 0 Å². The quantitative estimate of drug-likeness (QED) is 0.632. The van der Waals surface area contributed by atoms with Gasteiger partial charge in [-0.3, -0.25) is 0 Å². The van der Waals surface area contributed by atoms with Crippen molar-refractivity contribution < 1.29 is 23.0 Å². The van der Waals surface area contributed by atoms with E-state index in [-0.39, 0.29) is 11.4 Å². The number of carbonyl (C=O) groups excluding carboxylic acids is 1. The number of halogens is 2. The van der Waals surface area contributed by atoms with E-state index in [0.717, 1.165) is 12.1 Å². The zero-order valence-electron chi connectivity index (χ0n) is 8.79. The number of ether oxygens (including phenoxy) is 2. The lowest BCUT2D eigenvalue weighted by molar-refractivity contribution is -0.148. The molecule has 0 heterocycles. The molecule has 1 atom stereocenters. The number of nitrogens with two attached hydrogens (primary N) is 1. The van der Waals surface area contributed by atoms with Crippen LogP contribution in [-0.4, -0.2) is 19.2 Å². The third-order valence-electron chi connectivity index (χ3n) is 1.89. The van der Waals surface area contributed by atoms with Gasteiger partial charge in [-0.25, -0.2) is 13.6 Å². The lowest BCUT2D eigenvalue weighted by atomic mass is 10.2. The monoisotopic (exact) mass is 231 g/mol. The van der Waals surface area contributed by atoms with E-state index in [1.54, 1.807) is 0 Å². The summed E-state index contributed by atoms with van der Waals surface area (Å²) in [6.07, 6.45) is -1.03. The van der Waals surface area contributed by atoms with E-state index in [1.165, 1.54) is 14.0 Å². The number of esters is 1. The Hall–Kier alpha value is -1.85. The molecular formula is C10H11F2NO3. The SMILES string of the molecule is COC(=O)C(C)Oc1cc(F)c(N)cc1F. The Morgan fingerprint density at radius 1 is 1.38 bits per heavy atom. The van der Waals surface area contributed by atoms with Crippen LogP contribution in [0, 0.1) is 11.6 Å². The summed E-state index contributed by atoms with van der Waals surface area (Å²) in [5.74, 6) is -2.72. The summed E-state index contributed by atoms with van der Waals surface area (Å²) in [4.78, 5) is 11.0. The van der Waals surface area contributed by atoms with E-state index in [9.17, 15) is 13.6 Å². The molecule has 6 heteroatoms. The van der Waals surface area contributed by atoms with Gasteiger partial charge in [0, 0.05) is 12.1 Å². The highest BCUT2D eigenvalue weighted by atomic mass is 19.1. The summed E-state index contributed by atoms with van der Waals surface area (Å²) in [6, 6.07) is 1.57. The molecule has 1 rings (SSSR count). The largest absolute Gasteiger partial charge is 0.476 e. The normalized spacial score (nSPS) is 12.0. The Morgan fingerprint density at radius 3 is 2.56 bits per heavy atom. The highest BCUT2D eigenvalue weighted by Gasteiger charge is 2.18. The number of anilines is 1. The average Bonchev–Trinajstić information content (AvgIpc) is 2.24. The maximum Gasteiger partial charge on any atom is 0.346 e. The first kappa shape index (κ1) is 12.2. The Balaban J connectivity index is 2.89. The molecule has 1 aromatic rings. The third-order valence-corrected chi connectivity index (χ3v) is 1.89. The minimum absolute atomic E-state index is 0.324. The van der Waals surface area contributed by atoms with Crippen LogP contribution in [0.5, 0.6) is 5.75 Å². The molecule has 16 heavy (non-hydrogen) atoms. The predicted molar refractivity (Wildman–Crippen MR) is 52.9 cm³/mol. The molecule has 0 aliphatic carbocycles. The lowest BCUT2D eigenvalue weighted by Gasteiger charge is -2.13. The van der Waals surface area contributed by atoms with Crippen LogP contribution in [0.15, 0.2) is 12.1 Å². The number of hydrogen-bond donors (Lipinski definition) is 1. The minimum atomic E-state index is -1.03. The number of benzene rings is 1. The van der Waals surface area contributed by atoms with Crippen LogP contribution in [0.25, 0.3) is 0 Å². The van der Waals surface area contributed by atoms with Crippen molar-refractivity contribution in [2.24, 2.45) is 0 Å². The van der Waals surface area contributed by atoms with Crippen LogP contribution >= 0.6 is 0 Å². The molecule has 0 amide bonds. The molecule has 4 nitrogen and oxygen atoms in total. The molecule has 88 valence electrons. The van der Waals surface area contributed by atoms with Crippen molar-refractivity contribution in [3.05, 3.63) is 23.8 Å². The zero-order valence-corrected chi connectivity index (χ0v) is 8.79. The highest BCUT2D eigenvalue weighted by molar-refractivity contribution is 5.74. The molecule has 0 radical (unpaired) electrons. The fourth-order valence-corrected chi connectivity index (χ4v) is 1.04. The molecule has 0 aromatic heterocycles. The van der Waals surface area contributed by atoms with Crippen molar-refractivity contribution in [1.29, 1.82) is 0 Å². The maximum absolute atomic E-state index is 13.2. The van der Waals surface area contributed by atoms with Crippen molar-refractivity contribution in [3.63, 3.8) is 0 Å². The average molecular weight is 231 g/mol. The number of nitrogen functional groups attached to an aromatic ring is 1. The molecule has 1 unspecified atom stereocenters. The molecule has 0 fully saturated rings. The summed E-state index contributed by atoms with van der Waals surface area (Å²) in [5.41, 5.74) is 4.82. The summed E-state index contributed by atoms with van der Waals surface area (Å²) in [7, 11) is 1.17. The number of methoxy groups -OCH3 is 1. The van der Waals surface area contributed by atoms with Crippen molar-refractivity contribution in [3.8, 4) is 5.75 Å². The molecule has 0 bridgehead atoms. The molecule has 0 aliphatic rings. The van der Waals surface area contributed by atoms with Gasteiger partial charge < -0.3 is 15.2 Å². The molecule has 0 saturated heterocycles. The molecule has 0 spiro atoms. The molecule has 1 aromatic carbocycles. The van der Waals surface area contributed by atoms with Crippen LogP contribution in [-0.2, 0) is 9.53 Å². The van der Waals surface area contributed by atoms with Gasteiger partial charge in [0.25, 0.3) is 0 Å². The van der Waals surface area contributed by atoms with Gasteiger partial charge in [-0.2, -0.15) is 0 Å². The number of hydrogen-bond acceptors (Lipinski definition) is 4. The summed E-state index contributed by atoms with van der Waals surface area (Å²) >= 11 is 0. The Labute approximate surface area is 91.0 Å². The first-order valence-corrected chi connectivity index (χ1v) is 4.44. The second kappa shape index (κ2) is 4.78. The fraction of sp³-hybridized carbons (Fsp3) is 0.300. The summed E-state index contributed by atoms with van der Waals surface area (Å²) in [5, 5.41) is 0. The first-order chi connectivity index (χ1) is 7.45. The standard InChI is InChI=1S/C10H11F2NO3/c1-5(10(14)15-2)16-9-4-6(11)8(13)3-7(9)12/h3-5H,13H2,1-2H3. The molecular weight excluding hydrogens is 220 g/mol. The van der Waals surface area contributed by atoms with Gasteiger partial charge in [0.2, 0.25) is 0 Å². The topological polar surface area (TPSA) is 61.5 Å². The van der Waals surface area contributed by atoms with E-state index in [1.807, 2.05) is 0 Å². The summed E-state index contributed by atoms with van der Waals surface area (Å²) in [6.45, 7) is 1.36. The Kier molecular flexibility index (Phi) is 3.65. The van der Waals surface area contributed by atoms with Gasteiger partial charge in [-0.1, -0.05) is 0 Å².